The standard InChI is InChI=1S/C15H19NOS/c17-14(9-15(11-18)6-7-15)16-8-5-12-3-1-2-4-13(12)10-16/h1-4,18H,5-11H2. The molecule has 1 saturated carbocycles. The first-order valence-electron chi connectivity index (χ1n) is 6.68. The van der Waals surface area contributed by atoms with Gasteiger partial charge in [-0.2, -0.15) is 12.6 Å². The lowest BCUT2D eigenvalue weighted by molar-refractivity contribution is -0.133. The summed E-state index contributed by atoms with van der Waals surface area (Å²) in [5.74, 6) is 1.17. The summed E-state index contributed by atoms with van der Waals surface area (Å²) < 4.78 is 0. The molecule has 1 aliphatic heterocycles. The molecule has 3 rings (SSSR count). The van der Waals surface area contributed by atoms with Crippen LogP contribution in [0.15, 0.2) is 24.3 Å². The smallest absolute Gasteiger partial charge is 0.223 e. The van der Waals surface area contributed by atoms with Crippen LogP contribution in [0, 0.1) is 5.41 Å². The Balaban J connectivity index is 1.67. The van der Waals surface area contributed by atoms with Gasteiger partial charge in [-0.1, -0.05) is 24.3 Å². The van der Waals surface area contributed by atoms with E-state index < -0.39 is 0 Å². The normalized spacial score (nSPS) is 20.4. The maximum Gasteiger partial charge on any atom is 0.223 e. The van der Waals surface area contributed by atoms with Gasteiger partial charge in [-0.3, -0.25) is 4.79 Å². The Labute approximate surface area is 114 Å². The lowest BCUT2D eigenvalue weighted by Crippen LogP contribution is -2.37. The Morgan fingerprint density at radius 2 is 2.00 bits per heavy atom. The predicted molar refractivity (Wildman–Crippen MR) is 75.7 cm³/mol. The number of fused-ring (bicyclic) bond motifs is 1. The molecule has 18 heavy (non-hydrogen) atoms. The molecule has 0 spiro atoms. The Bertz CT molecular complexity index is 467. The molecular formula is C15H19NOS. The molecule has 96 valence electrons. The maximum absolute atomic E-state index is 12.3. The van der Waals surface area contributed by atoms with Gasteiger partial charge in [0.2, 0.25) is 5.91 Å². The van der Waals surface area contributed by atoms with E-state index in [4.69, 9.17) is 0 Å². The molecule has 2 nitrogen and oxygen atoms in total. The van der Waals surface area contributed by atoms with E-state index in [-0.39, 0.29) is 5.41 Å². The van der Waals surface area contributed by atoms with Gasteiger partial charge in [-0.15, -0.1) is 0 Å². The minimum atomic E-state index is 0.233. The molecule has 1 aromatic carbocycles. The van der Waals surface area contributed by atoms with Gasteiger partial charge in [0.1, 0.15) is 0 Å². The monoisotopic (exact) mass is 261 g/mol. The van der Waals surface area contributed by atoms with Crippen LogP contribution in [0.2, 0.25) is 0 Å². The first-order valence-corrected chi connectivity index (χ1v) is 7.31. The molecule has 0 radical (unpaired) electrons. The van der Waals surface area contributed by atoms with Crippen LogP contribution in [0.25, 0.3) is 0 Å². The van der Waals surface area contributed by atoms with E-state index in [0.29, 0.717) is 12.3 Å². The van der Waals surface area contributed by atoms with Gasteiger partial charge < -0.3 is 4.90 Å². The fourth-order valence-corrected chi connectivity index (χ4v) is 3.14. The fraction of sp³-hybridized carbons (Fsp3) is 0.533. The molecule has 0 atom stereocenters. The number of rotatable bonds is 3. The van der Waals surface area contributed by atoms with Crippen molar-refractivity contribution >= 4 is 18.5 Å². The average molecular weight is 261 g/mol. The number of benzene rings is 1. The van der Waals surface area contributed by atoms with Gasteiger partial charge in [-0.05, 0) is 41.6 Å². The minimum Gasteiger partial charge on any atom is -0.338 e. The summed E-state index contributed by atoms with van der Waals surface area (Å²) in [5, 5.41) is 0. The molecule has 3 heteroatoms. The highest BCUT2D eigenvalue weighted by Gasteiger charge is 2.43. The van der Waals surface area contributed by atoms with Crippen LogP contribution in [-0.2, 0) is 17.8 Å². The Morgan fingerprint density at radius 1 is 1.28 bits per heavy atom. The number of carbonyl (C=O) groups is 1. The summed E-state index contributed by atoms with van der Waals surface area (Å²) in [6.07, 6.45) is 4.04. The zero-order chi connectivity index (χ0) is 12.6. The second kappa shape index (κ2) is 4.61. The van der Waals surface area contributed by atoms with Crippen molar-refractivity contribution < 1.29 is 4.79 Å². The molecular weight excluding hydrogens is 242 g/mol. The van der Waals surface area contributed by atoms with Crippen LogP contribution < -0.4 is 0 Å². The van der Waals surface area contributed by atoms with Crippen molar-refractivity contribution in [3.63, 3.8) is 0 Å². The summed E-state index contributed by atoms with van der Waals surface area (Å²) >= 11 is 4.38. The molecule has 0 saturated heterocycles. The molecule has 0 aromatic heterocycles. The maximum atomic E-state index is 12.3. The van der Waals surface area contributed by atoms with Crippen molar-refractivity contribution in [3.05, 3.63) is 35.4 Å². The van der Waals surface area contributed by atoms with E-state index in [9.17, 15) is 4.79 Å². The van der Waals surface area contributed by atoms with Crippen molar-refractivity contribution in [2.45, 2.75) is 32.2 Å². The van der Waals surface area contributed by atoms with E-state index in [1.165, 1.54) is 24.0 Å². The molecule has 2 aliphatic rings. The van der Waals surface area contributed by atoms with Gasteiger partial charge in [0.25, 0.3) is 0 Å². The summed E-state index contributed by atoms with van der Waals surface area (Å²) in [7, 11) is 0. The van der Waals surface area contributed by atoms with Crippen LogP contribution in [0.5, 0.6) is 0 Å². The molecule has 0 bridgehead atoms. The van der Waals surface area contributed by atoms with Gasteiger partial charge in [0.05, 0.1) is 0 Å². The van der Waals surface area contributed by atoms with Crippen molar-refractivity contribution in [1.29, 1.82) is 0 Å². The van der Waals surface area contributed by atoms with Gasteiger partial charge in [0, 0.05) is 19.5 Å². The highest BCUT2D eigenvalue weighted by atomic mass is 32.1. The van der Waals surface area contributed by atoms with E-state index >= 15 is 0 Å². The molecule has 1 amide bonds. The van der Waals surface area contributed by atoms with Crippen molar-refractivity contribution in [1.82, 2.24) is 4.90 Å². The number of carbonyl (C=O) groups excluding carboxylic acids is 1. The topological polar surface area (TPSA) is 20.3 Å². The van der Waals surface area contributed by atoms with Gasteiger partial charge in [-0.25, -0.2) is 0 Å². The average Bonchev–Trinajstić information content (AvgIpc) is 3.18. The summed E-state index contributed by atoms with van der Waals surface area (Å²) in [5.41, 5.74) is 2.95. The van der Waals surface area contributed by atoms with E-state index in [0.717, 1.165) is 25.3 Å². The third-order valence-corrected chi connectivity index (χ3v) is 4.97. The molecule has 0 unspecified atom stereocenters. The zero-order valence-corrected chi connectivity index (χ0v) is 11.5. The van der Waals surface area contributed by atoms with Crippen LogP contribution in [-0.4, -0.2) is 23.1 Å². The molecule has 1 heterocycles. The Hall–Kier alpha value is -0.960. The van der Waals surface area contributed by atoms with E-state index in [1.54, 1.807) is 0 Å². The fourth-order valence-electron chi connectivity index (χ4n) is 2.71. The zero-order valence-electron chi connectivity index (χ0n) is 10.6. The third-order valence-electron chi connectivity index (χ3n) is 4.30. The second-order valence-corrected chi connectivity index (χ2v) is 5.99. The molecule has 1 aromatic rings. The highest BCUT2D eigenvalue weighted by Crippen LogP contribution is 2.50. The number of amides is 1. The van der Waals surface area contributed by atoms with Gasteiger partial charge >= 0.3 is 0 Å². The van der Waals surface area contributed by atoms with Crippen molar-refractivity contribution in [2.24, 2.45) is 5.41 Å². The summed E-state index contributed by atoms with van der Waals surface area (Å²) in [6.45, 7) is 1.66. The number of nitrogens with zero attached hydrogens (tertiary/aromatic N) is 1. The Morgan fingerprint density at radius 3 is 2.67 bits per heavy atom. The lowest BCUT2D eigenvalue weighted by Gasteiger charge is -2.30. The minimum absolute atomic E-state index is 0.233. The lowest BCUT2D eigenvalue weighted by atomic mass is 9.98. The molecule has 1 aliphatic carbocycles. The summed E-state index contributed by atoms with van der Waals surface area (Å²) in [6, 6.07) is 8.45. The third kappa shape index (κ3) is 2.28. The first-order chi connectivity index (χ1) is 8.72. The van der Waals surface area contributed by atoms with Crippen LogP contribution in [0.1, 0.15) is 30.4 Å². The summed E-state index contributed by atoms with van der Waals surface area (Å²) in [4.78, 5) is 14.3. The molecule has 0 N–H and O–H groups in total. The number of thiol groups is 1. The van der Waals surface area contributed by atoms with E-state index in [1.807, 2.05) is 4.90 Å². The quantitative estimate of drug-likeness (QED) is 0.830. The SMILES string of the molecule is O=C(CC1(CS)CC1)N1CCc2ccccc2C1. The molecule has 1 fully saturated rings. The Kier molecular flexibility index (Phi) is 3.10. The van der Waals surface area contributed by atoms with Crippen LogP contribution in [0.4, 0.5) is 0 Å². The van der Waals surface area contributed by atoms with Crippen LogP contribution >= 0.6 is 12.6 Å². The van der Waals surface area contributed by atoms with Crippen molar-refractivity contribution in [2.75, 3.05) is 12.3 Å². The van der Waals surface area contributed by atoms with E-state index in [2.05, 4.69) is 36.9 Å². The second-order valence-electron chi connectivity index (χ2n) is 5.67. The number of hydrogen-bond donors (Lipinski definition) is 1. The van der Waals surface area contributed by atoms with Crippen LogP contribution in [0.3, 0.4) is 0 Å². The number of hydrogen-bond acceptors (Lipinski definition) is 2. The van der Waals surface area contributed by atoms with Crippen molar-refractivity contribution in [3.8, 4) is 0 Å². The first kappa shape index (κ1) is 12.1. The predicted octanol–water partition coefficient (Wildman–Crippen LogP) is 2.67. The van der Waals surface area contributed by atoms with Gasteiger partial charge in [0.15, 0.2) is 0 Å². The largest absolute Gasteiger partial charge is 0.338 e. The highest BCUT2D eigenvalue weighted by molar-refractivity contribution is 7.80.